The van der Waals surface area contributed by atoms with E-state index < -0.39 is 0 Å². The van der Waals surface area contributed by atoms with Crippen LogP contribution in [-0.4, -0.2) is 77.8 Å². The van der Waals surface area contributed by atoms with Crippen LogP contribution in [0, 0.1) is 5.92 Å². The van der Waals surface area contributed by atoms with Gasteiger partial charge < -0.3 is 19.5 Å². The van der Waals surface area contributed by atoms with Crippen LogP contribution >= 0.6 is 0 Å². The second-order valence-electron chi connectivity index (χ2n) is 5.14. The molecule has 0 aliphatic carbocycles. The van der Waals surface area contributed by atoms with Crippen molar-refractivity contribution in [2.45, 2.75) is 19.4 Å². The molecule has 114 valence electrons. The summed E-state index contributed by atoms with van der Waals surface area (Å²) in [7, 11) is 3.50. The van der Waals surface area contributed by atoms with Gasteiger partial charge in [-0.25, -0.2) is 0 Å². The van der Waals surface area contributed by atoms with Gasteiger partial charge in [-0.15, -0.1) is 0 Å². The Morgan fingerprint density at radius 3 is 2.42 bits per heavy atom. The minimum absolute atomic E-state index is 0.493. The van der Waals surface area contributed by atoms with Gasteiger partial charge in [-0.05, 0) is 13.0 Å². The summed E-state index contributed by atoms with van der Waals surface area (Å²) in [5.74, 6) is 0.570. The molecule has 0 aromatic carbocycles. The van der Waals surface area contributed by atoms with Gasteiger partial charge >= 0.3 is 0 Å². The van der Waals surface area contributed by atoms with Gasteiger partial charge in [0.25, 0.3) is 0 Å². The molecule has 1 saturated heterocycles. The van der Waals surface area contributed by atoms with Gasteiger partial charge in [0.2, 0.25) is 0 Å². The van der Waals surface area contributed by atoms with E-state index in [-0.39, 0.29) is 0 Å². The van der Waals surface area contributed by atoms with Gasteiger partial charge in [-0.2, -0.15) is 0 Å². The first kappa shape index (κ1) is 16.9. The van der Waals surface area contributed by atoms with Gasteiger partial charge in [0, 0.05) is 45.8 Å². The third-order valence-electron chi connectivity index (χ3n) is 3.57. The summed E-state index contributed by atoms with van der Waals surface area (Å²) in [5.41, 5.74) is 0. The van der Waals surface area contributed by atoms with Crippen LogP contribution in [0.15, 0.2) is 0 Å². The highest BCUT2D eigenvalue weighted by Gasteiger charge is 2.29. The molecule has 1 N–H and O–H groups in total. The molecule has 1 fully saturated rings. The molecule has 5 nitrogen and oxygen atoms in total. The lowest BCUT2D eigenvalue weighted by atomic mass is 10.0. The highest BCUT2D eigenvalue weighted by Crippen LogP contribution is 2.15. The number of hydrogen-bond acceptors (Lipinski definition) is 5. The number of hydrogen-bond donors (Lipinski definition) is 1. The fourth-order valence-electron chi connectivity index (χ4n) is 2.40. The summed E-state index contributed by atoms with van der Waals surface area (Å²) in [6, 6.07) is 0.493. The van der Waals surface area contributed by atoms with Crippen LogP contribution < -0.4 is 5.32 Å². The predicted octanol–water partition coefficient (Wildman–Crippen LogP) is 0.596. The molecule has 0 spiro atoms. The summed E-state index contributed by atoms with van der Waals surface area (Å²) in [6.45, 7) is 9.46. The minimum atomic E-state index is 0.493. The SMILES string of the molecule is CCCNC1COCC1CN(CCOC)CCOC. The van der Waals surface area contributed by atoms with E-state index in [0.29, 0.717) is 12.0 Å². The monoisotopic (exact) mass is 274 g/mol. The van der Waals surface area contributed by atoms with Crippen LogP contribution in [0.25, 0.3) is 0 Å². The maximum atomic E-state index is 5.62. The largest absolute Gasteiger partial charge is 0.383 e. The Kier molecular flexibility index (Phi) is 9.38. The Bertz CT molecular complexity index is 209. The highest BCUT2D eigenvalue weighted by molar-refractivity contribution is 4.83. The zero-order valence-corrected chi connectivity index (χ0v) is 12.7. The third kappa shape index (κ3) is 6.68. The molecule has 0 saturated carbocycles. The van der Waals surface area contributed by atoms with Gasteiger partial charge in [0.1, 0.15) is 0 Å². The lowest BCUT2D eigenvalue weighted by Crippen LogP contribution is -2.43. The average Bonchev–Trinajstić information content (AvgIpc) is 2.86. The predicted molar refractivity (Wildman–Crippen MR) is 76.6 cm³/mol. The number of ether oxygens (including phenoxy) is 3. The molecule has 0 bridgehead atoms. The van der Waals surface area contributed by atoms with Gasteiger partial charge in [0.05, 0.1) is 26.4 Å². The molecule has 1 aliphatic rings. The Morgan fingerprint density at radius 1 is 1.16 bits per heavy atom. The number of nitrogens with one attached hydrogen (secondary N) is 1. The number of nitrogens with zero attached hydrogens (tertiary/aromatic N) is 1. The molecule has 0 amide bonds. The van der Waals surface area contributed by atoms with E-state index >= 15 is 0 Å². The van der Waals surface area contributed by atoms with E-state index in [0.717, 1.165) is 52.6 Å². The lowest BCUT2D eigenvalue weighted by Gasteiger charge is -2.27. The van der Waals surface area contributed by atoms with Crippen molar-refractivity contribution >= 4 is 0 Å². The van der Waals surface area contributed by atoms with Crippen LogP contribution in [0.2, 0.25) is 0 Å². The molecule has 0 aromatic rings. The number of methoxy groups -OCH3 is 2. The molecule has 2 atom stereocenters. The fraction of sp³-hybridized carbons (Fsp3) is 1.00. The first-order valence-corrected chi connectivity index (χ1v) is 7.33. The summed E-state index contributed by atoms with van der Waals surface area (Å²) < 4.78 is 16.0. The van der Waals surface area contributed by atoms with Crippen molar-refractivity contribution in [1.82, 2.24) is 10.2 Å². The van der Waals surface area contributed by atoms with E-state index in [9.17, 15) is 0 Å². The van der Waals surface area contributed by atoms with Gasteiger partial charge in [0.15, 0.2) is 0 Å². The average molecular weight is 274 g/mol. The molecule has 5 heteroatoms. The topological polar surface area (TPSA) is 43.0 Å². The van der Waals surface area contributed by atoms with Crippen molar-refractivity contribution in [3.8, 4) is 0 Å². The molecule has 1 rings (SSSR count). The fourth-order valence-corrected chi connectivity index (χ4v) is 2.40. The molecule has 0 radical (unpaired) electrons. The summed E-state index contributed by atoms with van der Waals surface area (Å²) >= 11 is 0. The maximum Gasteiger partial charge on any atom is 0.0623 e. The van der Waals surface area contributed by atoms with Crippen molar-refractivity contribution in [1.29, 1.82) is 0 Å². The van der Waals surface area contributed by atoms with Gasteiger partial charge in [-0.1, -0.05) is 6.92 Å². The van der Waals surface area contributed by atoms with E-state index in [2.05, 4.69) is 17.1 Å². The van der Waals surface area contributed by atoms with Crippen molar-refractivity contribution in [2.24, 2.45) is 5.92 Å². The Balaban J connectivity index is 2.36. The van der Waals surface area contributed by atoms with Crippen molar-refractivity contribution in [3.05, 3.63) is 0 Å². The second kappa shape index (κ2) is 10.6. The maximum absolute atomic E-state index is 5.62. The van der Waals surface area contributed by atoms with E-state index in [4.69, 9.17) is 14.2 Å². The van der Waals surface area contributed by atoms with E-state index in [1.807, 2.05) is 0 Å². The third-order valence-corrected chi connectivity index (χ3v) is 3.57. The molecule has 19 heavy (non-hydrogen) atoms. The van der Waals surface area contributed by atoms with Crippen molar-refractivity contribution < 1.29 is 14.2 Å². The lowest BCUT2D eigenvalue weighted by molar-refractivity contribution is 0.0981. The van der Waals surface area contributed by atoms with Crippen LogP contribution in [0.4, 0.5) is 0 Å². The molecular weight excluding hydrogens is 244 g/mol. The minimum Gasteiger partial charge on any atom is -0.383 e. The molecule has 0 aromatic heterocycles. The zero-order chi connectivity index (χ0) is 13.9. The molecule has 2 unspecified atom stereocenters. The van der Waals surface area contributed by atoms with Gasteiger partial charge in [-0.3, -0.25) is 4.90 Å². The van der Waals surface area contributed by atoms with E-state index in [1.165, 1.54) is 6.42 Å². The molecule has 1 aliphatic heterocycles. The van der Waals surface area contributed by atoms with Crippen molar-refractivity contribution in [3.63, 3.8) is 0 Å². The Labute approximate surface area is 117 Å². The van der Waals surface area contributed by atoms with Crippen LogP contribution in [-0.2, 0) is 14.2 Å². The first-order chi connectivity index (χ1) is 9.31. The molecule has 1 heterocycles. The first-order valence-electron chi connectivity index (χ1n) is 7.33. The molecular formula is C14H30N2O3. The smallest absolute Gasteiger partial charge is 0.0623 e. The number of rotatable bonds is 11. The van der Waals surface area contributed by atoms with Crippen molar-refractivity contribution in [2.75, 3.05) is 66.8 Å². The Hall–Kier alpha value is -0.200. The van der Waals surface area contributed by atoms with Crippen LogP contribution in [0.5, 0.6) is 0 Å². The normalized spacial score (nSPS) is 23.4. The Morgan fingerprint density at radius 2 is 1.84 bits per heavy atom. The highest BCUT2D eigenvalue weighted by atomic mass is 16.5. The van der Waals surface area contributed by atoms with E-state index in [1.54, 1.807) is 14.2 Å². The standard InChI is InChI=1S/C14H30N2O3/c1-4-5-15-14-12-19-11-13(14)10-16(6-8-17-2)7-9-18-3/h13-15H,4-12H2,1-3H3. The quantitative estimate of drug-likeness (QED) is 0.597. The summed E-state index contributed by atoms with van der Waals surface area (Å²) in [4.78, 5) is 2.41. The summed E-state index contributed by atoms with van der Waals surface area (Å²) in [6.07, 6.45) is 1.17. The van der Waals surface area contributed by atoms with Crippen LogP contribution in [0.1, 0.15) is 13.3 Å². The van der Waals surface area contributed by atoms with Crippen LogP contribution in [0.3, 0.4) is 0 Å². The summed E-state index contributed by atoms with van der Waals surface area (Å²) in [5, 5.41) is 3.58. The second-order valence-corrected chi connectivity index (χ2v) is 5.14. The zero-order valence-electron chi connectivity index (χ0n) is 12.7.